The summed E-state index contributed by atoms with van der Waals surface area (Å²) in [4.78, 5) is 4.57. The molecule has 0 spiro atoms. The van der Waals surface area contributed by atoms with E-state index in [1.165, 1.54) is 11.8 Å². The zero-order valence-electron chi connectivity index (χ0n) is 12.8. The highest BCUT2D eigenvalue weighted by Crippen LogP contribution is 2.24. The van der Waals surface area contributed by atoms with Gasteiger partial charge in [0.15, 0.2) is 5.16 Å². The lowest BCUT2D eigenvalue weighted by molar-refractivity contribution is -0.173. The van der Waals surface area contributed by atoms with Crippen molar-refractivity contribution in [1.29, 1.82) is 0 Å². The van der Waals surface area contributed by atoms with Gasteiger partial charge in [0, 0.05) is 26.0 Å². The number of thioether (sulfide) groups is 1. The van der Waals surface area contributed by atoms with E-state index >= 15 is 0 Å². The fraction of sp³-hybridized carbons (Fsp3) is 0.533. The van der Waals surface area contributed by atoms with E-state index in [-0.39, 0.29) is 6.61 Å². The van der Waals surface area contributed by atoms with Crippen LogP contribution < -0.4 is 0 Å². The SMILES string of the molecule is COCCn1c(SCCCOCC(F)(F)F)nc2ccccc21. The quantitative estimate of drug-likeness (QED) is 0.511. The van der Waals surface area contributed by atoms with Crippen LogP contribution in [0, 0.1) is 0 Å². The molecule has 0 bridgehead atoms. The first-order valence-corrected chi connectivity index (χ1v) is 8.21. The van der Waals surface area contributed by atoms with Crippen LogP contribution >= 0.6 is 11.8 Å². The highest BCUT2D eigenvalue weighted by Gasteiger charge is 2.27. The molecule has 2 aromatic rings. The second-order valence-electron chi connectivity index (χ2n) is 4.90. The Hall–Kier alpha value is -1.25. The largest absolute Gasteiger partial charge is 0.411 e. The summed E-state index contributed by atoms with van der Waals surface area (Å²) >= 11 is 1.52. The van der Waals surface area contributed by atoms with E-state index in [1.54, 1.807) is 7.11 Å². The molecule has 0 saturated heterocycles. The third kappa shape index (κ3) is 5.71. The number of aromatic nitrogens is 2. The molecular weight excluding hydrogens is 329 g/mol. The number of hydrogen-bond donors (Lipinski definition) is 0. The predicted molar refractivity (Wildman–Crippen MR) is 83.8 cm³/mol. The number of benzene rings is 1. The Bertz CT molecular complexity index is 616. The number of ether oxygens (including phenoxy) is 2. The molecule has 0 fully saturated rings. The van der Waals surface area contributed by atoms with Gasteiger partial charge in [0.1, 0.15) is 6.61 Å². The second kappa shape index (κ2) is 8.56. The lowest BCUT2D eigenvalue weighted by Gasteiger charge is -2.09. The van der Waals surface area contributed by atoms with Crippen LogP contribution in [-0.2, 0) is 16.0 Å². The Morgan fingerprint density at radius 2 is 2.00 bits per heavy atom. The van der Waals surface area contributed by atoms with Crippen molar-refractivity contribution in [3.05, 3.63) is 24.3 Å². The number of hydrogen-bond acceptors (Lipinski definition) is 4. The molecular formula is C15H19F3N2O2S. The predicted octanol–water partition coefficient (Wildman–Crippen LogP) is 3.74. The van der Waals surface area contributed by atoms with E-state index in [2.05, 4.69) is 14.3 Å². The zero-order valence-corrected chi connectivity index (χ0v) is 13.6. The van der Waals surface area contributed by atoms with Crippen molar-refractivity contribution in [2.45, 2.75) is 24.3 Å². The molecule has 1 aromatic heterocycles. The summed E-state index contributed by atoms with van der Waals surface area (Å²) < 4.78 is 47.7. The summed E-state index contributed by atoms with van der Waals surface area (Å²) in [6.45, 7) is 0.154. The van der Waals surface area contributed by atoms with E-state index in [1.807, 2.05) is 24.3 Å². The average Bonchev–Trinajstić information content (AvgIpc) is 2.85. The third-order valence-electron chi connectivity index (χ3n) is 3.07. The molecule has 0 atom stereocenters. The van der Waals surface area contributed by atoms with Gasteiger partial charge in [0.05, 0.1) is 17.6 Å². The Morgan fingerprint density at radius 3 is 2.74 bits per heavy atom. The van der Waals surface area contributed by atoms with Crippen LogP contribution in [0.2, 0.25) is 0 Å². The summed E-state index contributed by atoms with van der Waals surface area (Å²) in [6.07, 6.45) is -3.73. The van der Waals surface area contributed by atoms with Crippen LogP contribution in [0.15, 0.2) is 29.4 Å². The highest BCUT2D eigenvalue weighted by atomic mass is 32.2. The van der Waals surface area contributed by atoms with Crippen LogP contribution in [0.4, 0.5) is 13.2 Å². The molecule has 0 saturated carbocycles. The minimum atomic E-state index is -4.26. The van der Waals surface area contributed by atoms with Crippen molar-refractivity contribution < 1.29 is 22.6 Å². The van der Waals surface area contributed by atoms with Crippen molar-refractivity contribution in [2.24, 2.45) is 0 Å². The smallest absolute Gasteiger partial charge is 0.383 e. The lowest BCUT2D eigenvalue weighted by atomic mass is 10.3. The first kappa shape index (κ1) is 18.1. The molecule has 8 heteroatoms. The molecule has 0 radical (unpaired) electrons. The fourth-order valence-corrected chi connectivity index (χ4v) is 3.03. The molecule has 1 aromatic carbocycles. The molecule has 1 heterocycles. The van der Waals surface area contributed by atoms with Crippen LogP contribution in [0.25, 0.3) is 11.0 Å². The van der Waals surface area contributed by atoms with Gasteiger partial charge >= 0.3 is 6.18 Å². The first-order valence-electron chi connectivity index (χ1n) is 7.23. The number of para-hydroxylation sites is 2. The van der Waals surface area contributed by atoms with Crippen molar-refractivity contribution in [2.75, 3.05) is 32.7 Å². The van der Waals surface area contributed by atoms with Gasteiger partial charge in [0.2, 0.25) is 0 Å². The van der Waals surface area contributed by atoms with Gasteiger partial charge in [-0.15, -0.1) is 0 Å². The van der Waals surface area contributed by atoms with E-state index in [0.717, 1.165) is 16.2 Å². The van der Waals surface area contributed by atoms with E-state index in [9.17, 15) is 13.2 Å². The number of halogens is 3. The standard InChI is InChI=1S/C15H19F3N2O2S/c1-21-9-7-20-13-6-3-2-5-12(13)19-14(20)23-10-4-8-22-11-15(16,17)18/h2-3,5-6H,4,7-11H2,1H3. The second-order valence-corrected chi connectivity index (χ2v) is 5.96. The van der Waals surface area contributed by atoms with E-state index in [0.29, 0.717) is 25.3 Å². The molecule has 128 valence electrons. The molecule has 23 heavy (non-hydrogen) atoms. The highest BCUT2D eigenvalue weighted by molar-refractivity contribution is 7.99. The molecule has 4 nitrogen and oxygen atoms in total. The minimum absolute atomic E-state index is 0.0881. The Morgan fingerprint density at radius 1 is 1.22 bits per heavy atom. The first-order chi connectivity index (χ1) is 11.0. The molecule has 0 N–H and O–H groups in total. The lowest BCUT2D eigenvalue weighted by Crippen LogP contribution is -2.17. The van der Waals surface area contributed by atoms with Crippen molar-refractivity contribution in [3.63, 3.8) is 0 Å². The number of imidazole rings is 1. The van der Waals surface area contributed by atoms with Gasteiger partial charge in [-0.05, 0) is 18.6 Å². The van der Waals surface area contributed by atoms with Gasteiger partial charge < -0.3 is 14.0 Å². The van der Waals surface area contributed by atoms with Crippen molar-refractivity contribution in [3.8, 4) is 0 Å². The summed E-state index contributed by atoms with van der Waals surface area (Å²) in [5, 5.41) is 0.846. The van der Waals surface area contributed by atoms with Crippen LogP contribution in [0.3, 0.4) is 0 Å². The molecule has 0 aliphatic heterocycles. The molecule has 2 rings (SSSR count). The summed E-state index contributed by atoms with van der Waals surface area (Å²) in [5.41, 5.74) is 1.93. The number of methoxy groups -OCH3 is 1. The van der Waals surface area contributed by atoms with Gasteiger partial charge in [-0.1, -0.05) is 23.9 Å². The maximum Gasteiger partial charge on any atom is 0.411 e. The van der Waals surface area contributed by atoms with Crippen molar-refractivity contribution >= 4 is 22.8 Å². The van der Waals surface area contributed by atoms with Gasteiger partial charge in [-0.3, -0.25) is 0 Å². The van der Waals surface area contributed by atoms with Crippen LogP contribution in [0.5, 0.6) is 0 Å². The Balaban J connectivity index is 1.89. The van der Waals surface area contributed by atoms with E-state index in [4.69, 9.17) is 4.74 Å². The third-order valence-corrected chi connectivity index (χ3v) is 4.13. The Kier molecular flexibility index (Phi) is 6.73. The van der Waals surface area contributed by atoms with Gasteiger partial charge in [0.25, 0.3) is 0 Å². The maximum atomic E-state index is 12.0. The maximum absolute atomic E-state index is 12.0. The van der Waals surface area contributed by atoms with Crippen molar-refractivity contribution in [1.82, 2.24) is 9.55 Å². The number of rotatable bonds is 9. The zero-order chi connectivity index (χ0) is 16.7. The molecule has 0 aliphatic carbocycles. The van der Waals surface area contributed by atoms with Gasteiger partial charge in [-0.2, -0.15) is 13.2 Å². The van der Waals surface area contributed by atoms with E-state index < -0.39 is 12.8 Å². The normalized spacial score (nSPS) is 12.2. The monoisotopic (exact) mass is 348 g/mol. The average molecular weight is 348 g/mol. The minimum Gasteiger partial charge on any atom is -0.383 e. The van der Waals surface area contributed by atoms with Crippen LogP contribution in [0.1, 0.15) is 6.42 Å². The van der Waals surface area contributed by atoms with Gasteiger partial charge in [-0.25, -0.2) is 4.98 Å². The molecule has 0 unspecified atom stereocenters. The number of nitrogens with zero attached hydrogens (tertiary/aromatic N) is 2. The molecule has 0 aliphatic rings. The topological polar surface area (TPSA) is 36.3 Å². The summed E-state index contributed by atoms with van der Waals surface area (Å²) in [7, 11) is 1.64. The number of alkyl halides is 3. The molecule has 0 amide bonds. The van der Waals surface area contributed by atoms with Crippen LogP contribution in [-0.4, -0.2) is 48.4 Å². The fourth-order valence-electron chi connectivity index (χ4n) is 2.07. The summed E-state index contributed by atoms with van der Waals surface area (Å²) in [6, 6.07) is 7.81. The number of fused-ring (bicyclic) bond motifs is 1. The Labute approximate surface area is 137 Å². The summed E-state index contributed by atoms with van der Waals surface area (Å²) in [5.74, 6) is 0.647.